The lowest BCUT2D eigenvalue weighted by Crippen LogP contribution is -2.42. The molecule has 1 aromatic carbocycles. The van der Waals surface area contributed by atoms with Crippen molar-refractivity contribution in [1.82, 2.24) is 4.90 Å². The molecule has 0 atom stereocenters. The van der Waals surface area contributed by atoms with E-state index in [4.69, 9.17) is 10.2 Å². The van der Waals surface area contributed by atoms with Gasteiger partial charge in [0.15, 0.2) is 5.76 Å². The monoisotopic (exact) mass is 322 g/mol. The smallest absolute Gasteiger partial charge is 0.289 e. The Morgan fingerprint density at radius 2 is 2.05 bits per heavy atom. The molecule has 5 heteroatoms. The molecule has 2 heterocycles. The van der Waals surface area contributed by atoms with E-state index in [9.17, 15) is 4.79 Å². The van der Waals surface area contributed by atoms with Crippen LogP contribution >= 0.6 is 15.9 Å². The van der Waals surface area contributed by atoms with E-state index in [-0.39, 0.29) is 11.9 Å². The number of rotatable bonds is 1. The van der Waals surface area contributed by atoms with Crippen molar-refractivity contribution in [3.05, 3.63) is 34.5 Å². The molecule has 19 heavy (non-hydrogen) atoms. The number of furan rings is 1. The topological polar surface area (TPSA) is 59.5 Å². The van der Waals surface area contributed by atoms with E-state index < -0.39 is 0 Å². The summed E-state index contributed by atoms with van der Waals surface area (Å²) in [6.45, 7) is 1.42. The number of carbonyl (C=O) groups excluding carboxylic acids is 1. The summed E-state index contributed by atoms with van der Waals surface area (Å²) >= 11 is 3.41. The van der Waals surface area contributed by atoms with E-state index in [0.29, 0.717) is 18.8 Å². The minimum absolute atomic E-state index is 0.0424. The summed E-state index contributed by atoms with van der Waals surface area (Å²) in [5, 5.41) is 0.937. The van der Waals surface area contributed by atoms with Crippen molar-refractivity contribution in [1.29, 1.82) is 0 Å². The zero-order chi connectivity index (χ0) is 13.4. The third-order valence-electron chi connectivity index (χ3n) is 3.52. The van der Waals surface area contributed by atoms with Crippen LogP contribution in [-0.2, 0) is 0 Å². The summed E-state index contributed by atoms with van der Waals surface area (Å²) in [6, 6.07) is 7.73. The fourth-order valence-electron chi connectivity index (χ4n) is 2.38. The van der Waals surface area contributed by atoms with Gasteiger partial charge in [-0.2, -0.15) is 0 Å². The molecule has 0 radical (unpaired) electrons. The normalized spacial score (nSPS) is 17.1. The number of nitrogens with two attached hydrogens (primary N) is 1. The van der Waals surface area contributed by atoms with Gasteiger partial charge in [-0.1, -0.05) is 15.9 Å². The van der Waals surface area contributed by atoms with Crippen molar-refractivity contribution in [3.63, 3.8) is 0 Å². The predicted octanol–water partition coefficient (Wildman–Crippen LogP) is 2.76. The van der Waals surface area contributed by atoms with Crippen molar-refractivity contribution < 1.29 is 9.21 Å². The third-order valence-corrected chi connectivity index (χ3v) is 4.01. The Kier molecular flexibility index (Phi) is 3.33. The molecule has 1 aliphatic heterocycles. The molecule has 0 aliphatic carbocycles. The average molecular weight is 323 g/mol. The molecule has 1 saturated heterocycles. The minimum Gasteiger partial charge on any atom is -0.451 e. The van der Waals surface area contributed by atoms with Gasteiger partial charge in [-0.25, -0.2) is 0 Å². The van der Waals surface area contributed by atoms with E-state index in [1.54, 1.807) is 6.07 Å². The number of likely N-dealkylation sites (tertiary alicyclic amines) is 1. The van der Waals surface area contributed by atoms with Crippen molar-refractivity contribution in [2.75, 3.05) is 13.1 Å². The Balaban J connectivity index is 1.85. The van der Waals surface area contributed by atoms with E-state index in [1.165, 1.54) is 0 Å². The van der Waals surface area contributed by atoms with Crippen LogP contribution in [0.5, 0.6) is 0 Å². The maximum absolute atomic E-state index is 12.3. The second-order valence-electron chi connectivity index (χ2n) is 4.92. The van der Waals surface area contributed by atoms with E-state index in [0.717, 1.165) is 28.3 Å². The van der Waals surface area contributed by atoms with Crippen LogP contribution in [0.2, 0.25) is 0 Å². The molecule has 1 amide bonds. The van der Waals surface area contributed by atoms with Gasteiger partial charge in [0.25, 0.3) is 5.91 Å². The van der Waals surface area contributed by atoms with Crippen molar-refractivity contribution in [3.8, 4) is 0 Å². The van der Waals surface area contributed by atoms with Gasteiger partial charge in [0.1, 0.15) is 5.58 Å². The SMILES string of the molecule is NC1CCN(C(=O)c2cc3cc(Br)ccc3o2)CC1. The van der Waals surface area contributed by atoms with E-state index in [2.05, 4.69) is 15.9 Å². The first-order valence-electron chi connectivity index (χ1n) is 6.37. The van der Waals surface area contributed by atoms with Crippen LogP contribution < -0.4 is 5.73 Å². The largest absolute Gasteiger partial charge is 0.451 e. The summed E-state index contributed by atoms with van der Waals surface area (Å²) in [7, 11) is 0. The van der Waals surface area contributed by atoms with Crippen molar-refractivity contribution in [2.45, 2.75) is 18.9 Å². The molecule has 2 aromatic rings. The van der Waals surface area contributed by atoms with Gasteiger partial charge in [0.2, 0.25) is 0 Å². The number of amides is 1. The molecule has 4 nitrogen and oxygen atoms in total. The molecule has 0 bridgehead atoms. The van der Waals surface area contributed by atoms with Crippen molar-refractivity contribution >= 4 is 32.8 Å². The number of piperidine rings is 1. The molecule has 0 unspecified atom stereocenters. The summed E-state index contributed by atoms with van der Waals surface area (Å²) in [6.07, 6.45) is 1.72. The Morgan fingerprint density at radius 3 is 2.79 bits per heavy atom. The van der Waals surface area contributed by atoms with Crippen LogP contribution in [0.25, 0.3) is 11.0 Å². The maximum atomic E-state index is 12.3. The van der Waals surface area contributed by atoms with E-state index in [1.807, 2.05) is 23.1 Å². The van der Waals surface area contributed by atoms with Crippen LogP contribution in [0.15, 0.2) is 33.2 Å². The molecule has 1 aliphatic rings. The molecular formula is C14H15BrN2O2. The zero-order valence-corrected chi connectivity index (χ0v) is 12.0. The molecule has 3 rings (SSSR count). The highest BCUT2D eigenvalue weighted by molar-refractivity contribution is 9.10. The number of carbonyl (C=O) groups is 1. The minimum atomic E-state index is -0.0424. The fraction of sp³-hybridized carbons (Fsp3) is 0.357. The van der Waals surface area contributed by atoms with Crippen LogP contribution in [-0.4, -0.2) is 29.9 Å². The lowest BCUT2D eigenvalue weighted by Gasteiger charge is -2.29. The third kappa shape index (κ3) is 2.53. The first kappa shape index (κ1) is 12.7. The van der Waals surface area contributed by atoms with Crippen LogP contribution in [0.3, 0.4) is 0 Å². The van der Waals surface area contributed by atoms with Gasteiger partial charge in [-0.05, 0) is 37.1 Å². The van der Waals surface area contributed by atoms with Gasteiger partial charge >= 0.3 is 0 Å². The van der Waals surface area contributed by atoms with E-state index >= 15 is 0 Å². The first-order valence-corrected chi connectivity index (χ1v) is 7.17. The second kappa shape index (κ2) is 4.98. The van der Waals surface area contributed by atoms with Gasteiger partial charge in [0.05, 0.1) is 0 Å². The molecule has 1 fully saturated rings. The standard InChI is InChI=1S/C14H15BrN2O2/c15-10-1-2-12-9(7-10)8-13(19-12)14(18)17-5-3-11(16)4-6-17/h1-2,7-8,11H,3-6,16H2. The molecular weight excluding hydrogens is 308 g/mol. The number of nitrogens with zero attached hydrogens (tertiary/aromatic N) is 1. The lowest BCUT2D eigenvalue weighted by atomic mass is 10.1. The second-order valence-corrected chi connectivity index (χ2v) is 5.84. The average Bonchev–Trinajstić information content (AvgIpc) is 2.81. The Bertz CT molecular complexity index is 615. The lowest BCUT2D eigenvalue weighted by molar-refractivity contribution is 0.0685. The highest BCUT2D eigenvalue weighted by Crippen LogP contribution is 2.24. The molecule has 2 N–H and O–H groups in total. The molecule has 1 aromatic heterocycles. The van der Waals surface area contributed by atoms with Crippen molar-refractivity contribution in [2.24, 2.45) is 5.73 Å². The summed E-state index contributed by atoms with van der Waals surface area (Å²) < 4.78 is 6.60. The van der Waals surface area contributed by atoms with Gasteiger partial charge < -0.3 is 15.1 Å². The highest BCUT2D eigenvalue weighted by Gasteiger charge is 2.24. The highest BCUT2D eigenvalue weighted by atomic mass is 79.9. The Hall–Kier alpha value is -1.33. The maximum Gasteiger partial charge on any atom is 0.289 e. The van der Waals surface area contributed by atoms with Gasteiger partial charge in [0, 0.05) is 29.0 Å². The van der Waals surface area contributed by atoms with Gasteiger partial charge in [-0.3, -0.25) is 4.79 Å². The predicted molar refractivity (Wildman–Crippen MR) is 77.0 cm³/mol. The molecule has 0 saturated carbocycles. The number of halogens is 1. The first-order chi connectivity index (χ1) is 9.13. The van der Waals surface area contributed by atoms with Crippen LogP contribution in [0, 0.1) is 0 Å². The van der Waals surface area contributed by atoms with Crippen LogP contribution in [0.4, 0.5) is 0 Å². The number of benzene rings is 1. The summed E-state index contributed by atoms with van der Waals surface area (Å²) in [5.41, 5.74) is 6.58. The zero-order valence-electron chi connectivity index (χ0n) is 10.4. The summed E-state index contributed by atoms with van der Waals surface area (Å²) in [4.78, 5) is 14.2. The molecule has 0 spiro atoms. The fourth-order valence-corrected chi connectivity index (χ4v) is 2.76. The quantitative estimate of drug-likeness (QED) is 0.878. The van der Waals surface area contributed by atoms with Crippen LogP contribution in [0.1, 0.15) is 23.4 Å². The number of fused-ring (bicyclic) bond motifs is 1. The number of hydrogen-bond donors (Lipinski definition) is 1. The molecule has 100 valence electrons. The van der Waals surface area contributed by atoms with Gasteiger partial charge in [-0.15, -0.1) is 0 Å². The Morgan fingerprint density at radius 1 is 1.32 bits per heavy atom. The Labute approximate surface area is 119 Å². The summed E-state index contributed by atoms with van der Waals surface area (Å²) in [5.74, 6) is 0.364. The number of hydrogen-bond acceptors (Lipinski definition) is 3.